The first kappa shape index (κ1) is 23.7. The van der Waals surface area contributed by atoms with Crippen LogP contribution in [0.15, 0.2) is 0 Å². The molecule has 1 fully saturated rings. The van der Waals surface area contributed by atoms with E-state index in [9.17, 15) is 24.9 Å². The molecule has 27 heavy (non-hydrogen) atoms. The van der Waals surface area contributed by atoms with E-state index in [1.165, 1.54) is 0 Å². The van der Waals surface area contributed by atoms with Crippen LogP contribution in [0.3, 0.4) is 0 Å². The number of aliphatic hydroxyl groups excluding tert-OH is 3. The minimum absolute atomic E-state index is 0.0864. The molecule has 10 nitrogen and oxygen atoms in total. The van der Waals surface area contributed by atoms with Gasteiger partial charge in [0.15, 0.2) is 6.29 Å². The molecule has 1 aliphatic rings. The van der Waals surface area contributed by atoms with E-state index < -0.39 is 36.7 Å². The van der Waals surface area contributed by atoms with E-state index in [0.29, 0.717) is 13.2 Å². The second-order valence-electron chi connectivity index (χ2n) is 6.82. The minimum Gasteiger partial charge on any atom is -0.388 e. The van der Waals surface area contributed by atoms with Crippen LogP contribution in [0.2, 0.25) is 0 Å². The number of nitrogens with one attached hydrogen (secondary N) is 2. The van der Waals surface area contributed by atoms with Gasteiger partial charge in [0.1, 0.15) is 18.3 Å². The summed E-state index contributed by atoms with van der Waals surface area (Å²) in [4.78, 5) is 22.8. The maximum atomic E-state index is 11.5. The topological polar surface area (TPSA) is 163 Å². The van der Waals surface area contributed by atoms with E-state index in [-0.39, 0.29) is 18.4 Å². The van der Waals surface area contributed by atoms with Gasteiger partial charge in [-0.15, -0.1) is 0 Å². The molecule has 1 saturated heterocycles. The minimum atomic E-state index is -1.29. The highest BCUT2D eigenvalue weighted by Gasteiger charge is 2.42. The lowest BCUT2D eigenvalue weighted by molar-refractivity contribution is -0.293. The normalized spacial score (nSPS) is 29.2. The van der Waals surface area contributed by atoms with Crippen molar-refractivity contribution in [2.45, 2.75) is 76.3 Å². The van der Waals surface area contributed by atoms with E-state index in [1.54, 1.807) is 13.8 Å². The Hall–Kier alpha value is -1.30. The Labute approximate surface area is 159 Å². The van der Waals surface area contributed by atoms with Crippen LogP contribution < -0.4 is 16.4 Å². The summed E-state index contributed by atoms with van der Waals surface area (Å²) in [6.45, 7) is 3.93. The third-order valence-electron chi connectivity index (χ3n) is 4.32. The number of hydrogen-bond acceptors (Lipinski definition) is 8. The molecule has 2 amide bonds. The highest BCUT2D eigenvalue weighted by Crippen LogP contribution is 2.21. The number of nitrogens with two attached hydrogens (primary N) is 1. The molecule has 6 atom stereocenters. The highest BCUT2D eigenvalue weighted by atomic mass is 16.7. The number of hydrogen-bond donors (Lipinski definition) is 6. The predicted octanol–water partition coefficient (Wildman–Crippen LogP) is -2.03. The number of carbonyl (C=O) groups excluding carboxylic acids is 2. The van der Waals surface area contributed by atoms with E-state index in [2.05, 4.69) is 10.6 Å². The molecule has 1 aliphatic heterocycles. The standard InChI is InChI=1S/C17H33N3O7/c1-10(18)16(25)20-9-12(21)19-7-5-3-4-6-8-26-17-15(24)14(23)13(22)11(2)27-17/h10-11,13-15,17,22-24H,3-9,18H2,1-2H3,(H,19,21)(H,20,25)/t10-,11+,13-,14-,15+,17+/m1/s1. The molecule has 0 aromatic heterocycles. The van der Waals surface area contributed by atoms with E-state index in [0.717, 1.165) is 25.7 Å². The van der Waals surface area contributed by atoms with Gasteiger partial charge in [0, 0.05) is 13.2 Å². The summed E-state index contributed by atoms with van der Waals surface area (Å²) in [5.74, 6) is -0.626. The van der Waals surface area contributed by atoms with E-state index in [1.807, 2.05) is 0 Å². The second-order valence-corrected chi connectivity index (χ2v) is 6.82. The summed E-state index contributed by atoms with van der Waals surface area (Å²) in [7, 11) is 0. The van der Waals surface area contributed by atoms with Crippen molar-refractivity contribution >= 4 is 11.8 Å². The van der Waals surface area contributed by atoms with E-state index >= 15 is 0 Å². The first-order chi connectivity index (χ1) is 12.7. The van der Waals surface area contributed by atoms with Crippen molar-refractivity contribution in [1.29, 1.82) is 0 Å². The summed E-state index contributed by atoms with van der Waals surface area (Å²) < 4.78 is 10.8. The summed E-state index contributed by atoms with van der Waals surface area (Å²) in [5, 5.41) is 34.3. The van der Waals surface area contributed by atoms with Crippen molar-refractivity contribution in [2.75, 3.05) is 19.7 Å². The summed E-state index contributed by atoms with van der Waals surface area (Å²) in [5.41, 5.74) is 5.38. The van der Waals surface area contributed by atoms with Crippen LogP contribution in [0, 0.1) is 0 Å². The zero-order chi connectivity index (χ0) is 20.4. The molecule has 0 aromatic rings. The number of carbonyl (C=O) groups is 2. The van der Waals surface area contributed by atoms with Crippen molar-refractivity contribution in [3.05, 3.63) is 0 Å². The molecule has 7 N–H and O–H groups in total. The molecule has 0 radical (unpaired) electrons. The van der Waals surface area contributed by atoms with Crippen molar-refractivity contribution in [1.82, 2.24) is 10.6 Å². The monoisotopic (exact) mass is 391 g/mol. The Kier molecular flexibility index (Phi) is 10.7. The van der Waals surface area contributed by atoms with Crippen LogP contribution in [0.5, 0.6) is 0 Å². The van der Waals surface area contributed by atoms with Gasteiger partial charge in [-0.2, -0.15) is 0 Å². The number of rotatable bonds is 11. The van der Waals surface area contributed by atoms with Gasteiger partial charge in [-0.1, -0.05) is 12.8 Å². The zero-order valence-electron chi connectivity index (χ0n) is 16.0. The highest BCUT2D eigenvalue weighted by molar-refractivity contribution is 5.86. The fourth-order valence-corrected chi connectivity index (χ4v) is 2.55. The van der Waals surface area contributed by atoms with Gasteiger partial charge >= 0.3 is 0 Å². The Morgan fingerprint density at radius 3 is 2.41 bits per heavy atom. The molecule has 0 unspecified atom stereocenters. The first-order valence-corrected chi connectivity index (χ1v) is 9.35. The Bertz CT molecular complexity index is 464. The maximum absolute atomic E-state index is 11.5. The molecule has 0 aromatic carbocycles. The fraction of sp³-hybridized carbons (Fsp3) is 0.882. The quantitative estimate of drug-likeness (QED) is 0.220. The Morgan fingerprint density at radius 2 is 1.74 bits per heavy atom. The average Bonchev–Trinajstić information content (AvgIpc) is 2.63. The molecular formula is C17H33N3O7. The molecule has 158 valence electrons. The predicted molar refractivity (Wildman–Crippen MR) is 96.4 cm³/mol. The zero-order valence-corrected chi connectivity index (χ0v) is 16.0. The SMILES string of the molecule is C[C@@H]1O[C@H](OCCCCCCNC(=O)CNC(=O)[C@@H](C)N)[C@@H](O)[C@H](O)[C@@H]1O. The van der Waals surface area contributed by atoms with Crippen molar-refractivity contribution in [3.63, 3.8) is 0 Å². The summed E-state index contributed by atoms with van der Waals surface area (Å²) in [6, 6.07) is -0.642. The molecular weight excluding hydrogens is 358 g/mol. The largest absolute Gasteiger partial charge is 0.388 e. The van der Waals surface area contributed by atoms with Crippen LogP contribution >= 0.6 is 0 Å². The van der Waals surface area contributed by atoms with Crippen LogP contribution in [0.25, 0.3) is 0 Å². The van der Waals surface area contributed by atoms with Gasteiger partial charge in [0.25, 0.3) is 0 Å². The number of aliphatic hydroxyl groups is 3. The number of amides is 2. The van der Waals surface area contributed by atoms with Gasteiger partial charge in [0.05, 0.1) is 18.7 Å². The number of ether oxygens (including phenoxy) is 2. The van der Waals surface area contributed by atoms with Gasteiger partial charge in [-0.25, -0.2) is 0 Å². The lowest BCUT2D eigenvalue weighted by atomic mass is 10.0. The Morgan fingerprint density at radius 1 is 1.07 bits per heavy atom. The molecule has 0 spiro atoms. The third-order valence-corrected chi connectivity index (χ3v) is 4.32. The smallest absolute Gasteiger partial charge is 0.239 e. The lowest BCUT2D eigenvalue weighted by Crippen LogP contribution is -2.57. The maximum Gasteiger partial charge on any atom is 0.239 e. The summed E-state index contributed by atoms with van der Waals surface area (Å²) in [6.07, 6.45) is -2.02. The van der Waals surface area contributed by atoms with Crippen LogP contribution in [0.1, 0.15) is 39.5 Å². The number of unbranched alkanes of at least 4 members (excludes halogenated alkanes) is 3. The van der Waals surface area contributed by atoms with Gasteiger partial charge in [-0.05, 0) is 26.7 Å². The van der Waals surface area contributed by atoms with Crippen molar-refractivity contribution in [2.24, 2.45) is 5.73 Å². The van der Waals surface area contributed by atoms with Crippen LogP contribution in [-0.4, -0.2) is 83.6 Å². The first-order valence-electron chi connectivity index (χ1n) is 9.35. The average molecular weight is 391 g/mol. The van der Waals surface area contributed by atoms with Crippen LogP contribution in [0.4, 0.5) is 0 Å². The lowest BCUT2D eigenvalue weighted by Gasteiger charge is -2.38. The molecule has 1 rings (SSSR count). The summed E-state index contributed by atoms with van der Waals surface area (Å²) >= 11 is 0. The van der Waals surface area contributed by atoms with Crippen molar-refractivity contribution in [3.8, 4) is 0 Å². The van der Waals surface area contributed by atoms with Crippen LogP contribution in [-0.2, 0) is 19.1 Å². The molecule has 0 aliphatic carbocycles. The Balaban J connectivity index is 2.01. The molecule has 0 bridgehead atoms. The second kappa shape index (κ2) is 12.2. The van der Waals surface area contributed by atoms with Gasteiger partial charge in [-0.3, -0.25) is 9.59 Å². The molecule has 0 saturated carbocycles. The molecule has 1 heterocycles. The van der Waals surface area contributed by atoms with Crippen molar-refractivity contribution < 1.29 is 34.4 Å². The molecule has 10 heteroatoms. The van der Waals surface area contributed by atoms with E-state index in [4.69, 9.17) is 15.2 Å². The van der Waals surface area contributed by atoms with Gasteiger partial charge < -0.3 is 41.2 Å². The fourth-order valence-electron chi connectivity index (χ4n) is 2.55. The van der Waals surface area contributed by atoms with Gasteiger partial charge in [0.2, 0.25) is 11.8 Å². The third kappa shape index (κ3) is 8.50.